The molecule has 0 spiro atoms. The Labute approximate surface area is 139 Å². The zero-order valence-electron chi connectivity index (χ0n) is 13.3. The highest BCUT2D eigenvalue weighted by Crippen LogP contribution is 2.30. The van der Waals surface area contributed by atoms with Crippen LogP contribution in [0.1, 0.15) is 11.1 Å². The molecule has 1 heterocycles. The molecule has 3 rings (SSSR count). The minimum atomic E-state index is -0.306. The zero-order chi connectivity index (χ0) is 16.9. The molecule has 2 aromatic carbocycles. The Morgan fingerprint density at radius 1 is 1.21 bits per heavy atom. The summed E-state index contributed by atoms with van der Waals surface area (Å²) in [6.07, 6.45) is -0.237. The third-order valence-electron chi connectivity index (χ3n) is 3.73. The Kier molecular flexibility index (Phi) is 4.84. The third-order valence-corrected chi connectivity index (χ3v) is 3.73. The maximum absolute atomic E-state index is 13.2. The van der Waals surface area contributed by atoms with Gasteiger partial charge in [-0.2, -0.15) is 0 Å². The van der Waals surface area contributed by atoms with E-state index in [1.54, 1.807) is 19.1 Å². The van der Waals surface area contributed by atoms with Gasteiger partial charge in [0.15, 0.2) is 17.6 Å². The molecule has 0 fully saturated rings. The highest BCUT2D eigenvalue weighted by Gasteiger charge is 2.20. The number of para-hydroxylation sites is 2. The van der Waals surface area contributed by atoms with Crippen molar-refractivity contribution in [2.24, 2.45) is 0 Å². The lowest BCUT2D eigenvalue weighted by atomic mass is 10.1. The molecule has 1 atom stereocenters. The second kappa shape index (κ2) is 7.21. The van der Waals surface area contributed by atoms with Crippen LogP contribution in [0.2, 0.25) is 0 Å². The van der Waals surface area contributed by atoms with Crippen LogP contribution in [0.4, 0.5) is 9.18 Å². The van der Waals surface area contributed by atoms with Gasteiger partial charge in [-0.15, -0.1) is 0 Å². The fraction of sp³-hybridized carbons (Fsp3) is 0.278. The average Bonchev–Trinajstić information content (AvgIpc) is 2.60. The van der Waals surface area contributed by atoms with Crippen molar-refractivity contribution in [3.63, 3.8) is 0 Å². The van der Waals surface area contributed by atoms with E-state index >= 15 is 0 Å². The van der Waals surface area contributed by atoms with Crippen molar-refractivity contribution < 1.29 is 18.7 Å². The molecular weight excluding hydrogens is 311 g/mol. The van der Waals surface area contributed by atoms with Crippen molar-refractivity contribution in [1.29, 1.82) is 0 Å². The lowest BCUT2D eigenvalue weighted by Gasteiger charge is -2.26. The van der Waals surface area contributed by atoms with Gasteiger partial charge in [-0.1, -0.05) is 24.3 Å². The SMILES string of the molecule is Cc1cc(CNC(=O)NC[C@@H]2COc3ccccc3O2)ccc1F. The predicted octanol–water partition coefficient (Wildman–Crippen LogP) is 2.77. The molecule has 2 amide bonds. The molecule has 0 aliphatic carbocycles. The first-order chi connectivity index (χ1) is 11.6. The first kappa shape index (κ1) is 16.1. The van der Waals surface area contributed by atoms with Crippen LogP contribution in [-0.4, -0.2) is 25.3 Å². The predicted molar refractivity (Wildman–Crippen MR) is 87.7 cm³/mol. The van der Waals surface area contributed by atoms with Gasteiger partial charge < -0.3 is 20.1 Å². The summed E-state index contributed by atoms with van der Waals surface area (Å²) >= 11 is 0. The topological polar surface area (TPSA) is 59.6 Å². The molecule has 126 valence electrons. The molecule has 1 aliphatic rings. The van der Waals surface area contributed by atoms with Crippen molar-refractivity contribution in [3.05, 3.63) is 59.4 Å². The summed E-state index contributed by atoms with van der Waals surface area (Å²) in [5.74, 6) is 1.14. The lowest BCUT2D eigenvalue weighted by Crippen LogP contribution is -2.44. The largest absolute Gasteiger partial charge is 0.486 e. The third kappa shape index (κ3) is 3.95. The molecule has 24 heavy (non-hydrogen) atoms. The van der Waals surface area contributed by atoms with Crippen LogP contribution in [0.3, 0.4) is 0 Å². The summed E-state index contributed by atoms with van der Waals surface area (Å²) in [5.41, 5.74) is 1.40. The summed E-state index contributed by atoms with van der Waals surface area (Å²) < 4.78 is 24.6. The first-order valence-corrected chi connectivity index (χ1v) is 7.77. The van der Waals surface area contributed by atoms with Crippen LogP contribution in [0, 0.1) is 12.7 Å². The Hall–Kier alpha value is -2.76. The minimum absolute atomic E-state index is 0.237. The molecule has 0 unspecified atom stereocenters. The van der Waals surface area contributed by atoms with Gasteiger partial charge in [0.2, 0.25) is 0 Å². The number of carbonyl (C=O) groups is 1. The summed E-state index contributed by atoms with van der Waals surface area (Å²) in [6, 6.07) is 11.9. The maximum Gasteiger partial charge on any atom is 0.315 e. The Bertz CT molecular complexity index is 736. The Morgan fingerprint density at radius 3 is 2.79 bits per heavy atom. The van der Waals surface area contributed by atoms with E-state index < -0.39 is 0 Å². The van der Waals surface area contributed by atoms with Crippen molar-refractivity contribution in [1.82, 2.24) is 10.6 Å². The number of benzene rings is 2. The van der Waals surface area contributed by atoms with Crippen LogP contribution >= 0.6 is 0 Å². The van der Waals surface area contributed by atoms with Gasteiger partial charge in [-0.3, -0.25) is 0 Å². The van der Waals surface area contributed by atoms with Crippen LogP contribution in [-0.2, 0) is 6.54 Å². The van der Waals surface area contributed by atoms with Crippen LogP contribution < -0.4 is 20.1 Å². The maximum atomic E-state index is 13.2. The molecule has 1 aliphatic heterocycles. The van der Waals surface area contributed by atoms with E-state index in [4.69, 9.17) is 9.47 Å². The van der Waals surface area contributed by atoms with Crippen molar-refractivity contribution in [2.45, 2.75) is 19.6 Å². The van der Waals surface area contributed by atoms with Crippen molar-refractivity contribution in [2.75, 3.05) is 13.2 Å². The fourth-order valence-electron chi connectivity index (χ4n) is 2.43. The number of fused-ring (bicyclic) bond motifs is 1. The van der Waals surface area contributed by atoms with E-state index in [1.165, 1.54) is 6.07 Å². The first-order valence-electron chi connectivity index (χ1n) is 7.77. The van der Waals surface area contributed by atoms with E-state index in [0.717, 1.165) is 5.56 Å². The standard InChI is InChI=1S/C18H19FN2O3/c1-12-8-13(6-7-15(12)19)9-20-18(22)21-10-14-11-23-16-4-2-3-5-17(16)24-14/h2-8,14H,9-11H2,1H3,(H2,20,21,22)/t14-/m1/s1. The molecule has 2 aromatic rings. The van der Waals surface area contributed by atoms with Crippen molar-refractivity contribution >= 4 is 6.03 Å². The number of hydrogen-bond donors (Lipinski definition) is 2. The fourth-order valence-corrected chi connectivity index (χ4v) is 2.43. The Balaban J connectivity index is 1.44. The molecular formula is C18H19FN2O3. The molecule has 0 aromatic heterocycles. The molecule has 0 radical (unpaired) electrons. The number of rotatable bonds is 4. The number of aryl methyl sites for hydroxylation is 1. The van der Waals surface area contributed by atoms with E-state index in [2.05, 4.69) is 10.6 Å². The smallest absolute Gasteiger partial charge is 0.315 e. The summed E-state index contributed by atoms with van der Waals surface area (Å²) in [6.45, 7) is 2.74. The number of nitrogens with one attached hydrogen (secondary N) is 2. The monoisotopic (exact) mass is 330 g/mol. The highest BCUT2D eigenvalue weighted by atomic mass is 19.1. The molecule has 5 nitrogen and oxygen atoms in total. The number of carbonyl (C=O) groups excluding carboxylic acids is 1. The molecule has 0 saturated heterocycles. The van der Waals surface area contributed by atoms with Crippen molar-refractivity contribution in [3.8, 4) is 11.5 Å². The minimum Gasteiger partial charge on any atom is -0.486 e. The van der Waals surface area contributed by atoms with Gasteiger partial charge in [0, 0.05) is 6.54 Å². The molecule has 0 saturated carbocycles. The average molecular weight is 330 g/mol. The van der Waals surface area contributed by atoms with Gasteiger partial charge in [0.25, 0.3) is 0 Å². The van der Waals surface area contributed by atoms with Crippen LogP contribution in [0.25, 0.3) is 0 Å². The highest BCUT2D eigenvalue weighted by molar-refractivity contribution is 5.73. The van der Waals surface area contributed by atoms with Gasteiger partial charge in [-0.05, 0) is 36.2 Å². The zero-order valence-corrected chi connectivity index (χ0v) is 13.3. The quantitative estimate of drug-likeness (QED) is 0.906. The van der Waals surface area contributed by atoms with Gasteiger partial charge in [-0.25, -0.2) is 9.18 Å². The number of hydrogen-bond acceptors (Lipinski definition) is 3. The number of ether oxygens (including phenoxy) is 2. The van der Waals surface area contributed by atoms with E-state index in [-0.39, 0.29) is 18.0 Å². The second-order valence-electron chi connectivity index (χ2n) is 5.64. The number of halogens is 1. The summed E-state index contributed by atoms with van der Waals surface area (Å²) in [7, 11) is 0. The Morgan fingerprint density at radius 2 is 2.00 bits per heavy atom. The molecule has 2 N–H and O–H groups in total. The molecule has 0 bridgehead atoms. The van der Waals surface area contributed by atoms with E-state index in [1.807, 2.05) is 24.3 Å². The number of amides is 2. The second-order valence-corrected chi connectivity index (χ2v) is 5.64. The van der Waals surface area contributed by atoms with Gasteiger partial charge in [0.1, 0.15) is 12.4 Å². The van der Waals surface area contributed by atoms with Crippen LogP contribution in [0.15, 0.2) is 42.5 Å². The van der Waals surface area contributed by atoms with Crippen LogP contribution in [0.5, 0.6) is 11.5 Å². The summed E-state index contributed by atoms with van der Waals surface area (Å²) in [4.78, 5) is 11.9. The number of urea groups is 1. The van der Waals surface area contributed by atoms with E-state index in [9.17, 15) is 9.18 Å². The van der Waals surface area contributed by atoms with Gasteiger partial charge in [0.05, 0.1) is 6.54 Å². The van der Waals surface area contributed by atoms with Gasteiger partial charge >= 0.3 is 6.03 Å². The normalized spacial score (nSPS) is 15.7. The summed E-state index contributed by atoms with van der Waals surface area (Å²) in [5, 5.41) is 5.49. The molecule has 6 heteroatoms. The lowest BCUT2D eigenvalue weighted by molar-refractivity contribution is 0.0918. The van der Waals surface area contributed by atoms with E-state index in [0.29, 0.717) is 36.8 Å².